The van der Waals surface area contributed by atoms with Crippen LogP contribution in [0.15, 0.2) is 65.7 Å². The SMILES string of the molecule is CCC(C)[C@@H]1CN(C[C@H](N)Cc2ccc(Cl)cc2Cl)[C@@H](CCCN=C(N)N)CN1C(=O)Cc1ccc2ccccc2c1. The fourth-order valence-electron chi connectivity index (χ4n) is 6.00. The van der Waals surface area contributed by atoms with Gasteiger partial charge in [0.15, 0.2) is 5.96 Å². The first-order chi connectivity index (χ1) is 20.1. The van der Waals surface area contributed by atoms with E-state index in [-0.39, 0.29) is 30.0 Å². The van der Waals surface area contributed by atoms with E-state index < -0.39 is 0 Å². The molecule has 226 valence electrons. The number of rotatable bonds is 12. The van der Waals surface area contributed by atoms with Crippen LogP contribution >= 0.6 is 23.2 Å². The molecule has 1 aliphatic heterocycles. The van der Waals surface area contributed by atoms with Gasteiger partial charge in [-0.2, -0.15) is 0 Å². The van der Waals surface area contributed by atoms with Crippen LogP contribution in [0.3, 0.4) is 0 Å². The van der Waals surface area contributed by atoms with E-state index in [0.29, 0.717) is 48.4 Å². The number of carbonyl (C=O) groups excluding carboxylic acids is 1. The molecule has 3 aromatic rings. The fourth-order valence-corrected chi connectivity index (χ4v) is 6.49. The Labute approximate surface area is 260 Å². The summed E-state index contributed by atoms with van der Waals surface area (Å²) in [6.45, 7) is 7.11. The fraction of sp³-hybridized carbons (Fsp3) is 0.455. The monoisotopic (exact) mass is 610 g/mol. The number of benzene rings is 3. The number of amides is 1. The van der Waals surface area contributed by atoms with Gasteiger partial charge in [0, 0.05) is 54.3 Å². The predicted octanol–water partition coefficient (Wildman–Crippen LogP) is 5.24. The Bertz CT molecular complexity index is 1380. The highest BCUT2D eigenvalue weighted by molar-refractivity contribution is 6.35. The van der Waals surface area contributed by atoms with E-state index in [9.17, 15) is 4.79 Å². The van der Waals surface area contributed by atoms with Crippen LogP contribution < -0.4 is 17.2 Å². The lowest BCUT2D eigenvalue weighted by Crippen LogP contribution is -2.63. The zero-order valence-corrected chi connectivity index (χ0v) is 26.2. The topological polar surface area (TPSA) is 114 Å². The molecular weight excluding hydrogens is 567 g/mol. The Morgan fingerprint density at radius 2 is 1.81 bits per heavy atom. The standard InChI is InChI=1S/C33H44Cl2N6O/c1-3-22(2)31-21-40(19-28(36)17-26-12-13-27(34)18-30(26)35)29(9-6-14-39-33(37)38)20-41(31)32(42)16-23-10-11-24-7-4-5-8-25(24)15-23/h4-5,7-8,10-13,15,18,22,28-29,31H,3,6,9,14,16-17,19-21,36H2,1-2H3,(H4,37,38,39)/t22?,28-,29+,31+/m1/s1. The summed E-state index contributed by atoms with van der Waals surface area (Å²) in [5.41, 5.74) is 19.9. The Morgan fingerprint density at radius 3 is 2.52 bits per heavy atom. The van der Waals surface area contributed by atoms with Crippen LogP contribution in [0.2, 0.25) is 10.0 Å². The molecule has 0 bridgehead atoms. The molecule has 1 saturated heterocycles. The smallest absolute Gasteiger partial charge is 0.227 e. The molecule has 0 aliphatic carbocycles. The second-order valence-corrected chi connectivity index (χ2v) is 12.5. The lowest BCUT2D eigenvalue weighted by atomic mass is 9.90. The number of halogens is 2. The third-order valence-electron chi connectivity index (χ3n) is 8.49. The van der Waals surface area contributed by atoms with E-state index in [0.717, 1.165) is 42.3 Å². The molecule has 1 amide bonds. The highest BCUT2D eigenvalue weighted by Crippen LogP contribution is 2.28. The van der Waals surface area contributed by atoms with E-state index in [1.54, 1.807) is 6.07 Å². The van der Waals surface area contributed by atoms with Crippen LogP contribution in [0.5, 0.6) is 0 Å². The molecule has 0 aromatic heterocycles. The van der Waals surface area contributed by atoms with E-state index >= 15 is 0 Å². The van der Waals surface area contributed by atoms with Crippen molar-refractivity contribution >= 4 is 45.8 Å². The Hall–Kier alpha value is -2.84. The van der Waals surface area contributed by atoms with Gasteiger partial charge in [0.25, 0.3) is 0 Å². The summed E-state index contributed by atoms with van der Waals surface area (Å²) in [5.74, 6) is 0.612. The quantitative estimate of drug-likeness (QED) is 0.147. The highest BCUT2D eigenvalue weighted by atomic mass is 35.5. The zero-order valence-electron chi connectivity index (χ0n) is 24.7. The van der Waals surface area contributed by atoms with Gasteiger partial charge < -0.3 is 22.1 Å². The van der Waals surface area contributed by atoms with Crippen molar-refractivity contribution in [2.24, 2.45) is 28.1 Å². The molecular formula is C33H44Cl2N6O. The number of nitrogens with zero attached hydrogens (tertiary/aromatic N) is 3. The summed E-state index contributed by atoms with van der Waals surface area (Å²) >= 11 is 12.6. The minimum atomic E-state index is -0.124. The number of piperazine rings is 1. The number of hydrogen-bond acceptors (Lipinski definition) is 4. The summed E-state index contributed by atoms with van der Waals surface area (Å²) in [7, 11) is 0. The van der Waals surface area contributed by atoms with Crippen molar-refractivity contribution in [2.75, 3.05) is 26.2 Å². The summed E-state index contributed by atoms with van der Waals surface area (Å²) in [4.78, 5) is 22.7. The van der Waals surface area contributed by atoms with Crippen LogP contribution in [0.4, 0.5) is 0 Å². The lowest BCUT2D eigenvalue weighted by molar-refractivity contribution is -0.139. The first-order valence-corrected chi connectivity index (χ1v) is 15.7. The lowest BCUT2D eigenvalue weighted by Gasteiger charge is -2.49. The minimum absolute atomic E-state index is 0.0985. The van der Waals surface area contributed by atoms with Crippen LogP contribution in [-0.4, -0.2) is 66.0 Å². The first-order valence-electron chi connectivity index (χ1n) is 14.9. The predicted molar refractivity (Wildman–Crippen MR) is 176 cm³/mol. The second-order valence-electron chi connectivity index (χ2n) is 11.6. The Kier molecular flexibility index (Phi) is 11.5. The van der Waals surface area contributed by atoms with Gasteiger partial charge >= 0.3 is 0 Å². The number of carbonyl (C=O) groups is 1. The van der Waals surface area contributed by atoms with Crippen molar-refractivity contribution in [2.45, 2.75) is 64.1 Å². The van der Waals surface area contributed by atoms with Gasteiger partial charge in [-0.05, 0) is 59.2 Å². The number of aliphatic imine (C=N–C) groups is 1. The third-order valence-corrected chi connectivity index (χ3v) is 9.08. The van der Waals surface area contributed by atoms with Gasteiger partial charge in [-0.15, -0.1) is 0 Å². The number of nitrogens with two attached hydrogens (primary N) is 3. The third kappa shape index (κ3) is 8.60. The van der Waals surface area contributed by atoms with Crippen molar-refractivity contribution in [3.05, 3.63) is 81.8 Å². The second kappa shape index (κ2) is 15.1. The van der Waals surface area contributed by atoms with E-state index in [1.165, 1.54) is 5.39 Å². The molecule has 42 heavy (non-hydrogen) atoms. The summed E-state index contributed by atoms with van der Waals surface area (Å²) < 4.78 is 0. The van der Waals surface area contributed by atoms with E-state index in [1.807, 2.05) is 24.3 Å². The molecule has 1 heterocycles. The summed E-state index contributed by atoms with van der Waals surface area (Å²) in [6, 6.07) is 20.2. The highest BCUT2D eigenvalue weighted by Gasteiger charge is 2.38. The van der Waals surface area contributed by atoms with Gasteiger partial charge in [0.1, 0.15) is 0 Å². The molecule has 3 aromatic carbocycles. The molecule has 1 unspecified atom stereocenters. The van der Waals surface area contributed by atoms with Gasteiger partial charge in [-0.3, -0.25) is 14.7 Å². The molecule has 6 N–H and O–H groups in total. The van der Waals surface area contributed by atoms with Crippen molar-refractivity contribution in [1.82, 2.24) is 9.80 Å². The van der Waals surface area contributed by atoms with Crippen LogP contribution in [0.25, 0.3) is 10.8 Å². The average Bonchev–Trinajstić information content (AvgIpc) is 2.96. The molecule has 1 fully saturated rings. The first kappa shape index (κ1) is 32.1. The minimum Gasteiger partial charge on any atom is -0.370 e. The summed E-state index contributed by atoms with van der Waals surface area (Å²) in [6.07, 6.45) is 3.69. The maximum absolute atomic E-state index is 13.9. The molecule has 0 radical (unpaired) electrons. The van der Waals surface area contributed by atoms with Crippen LogP contribution in [0, 0.1) is 5.92 Å². The largest absolute Gasteiger partial charge is 0.370 e. The van der Waals surface area contributed by atoms with Gasteiger partial charge in [-0.25, -0.2) is 0 Å². The zero-order chi connectivity index (χ0) is 30.2. The molecule has 9 heteroatoms. The van der Waals surface area contributed by atoms with Crippen molar-refractivity contribution in [3.8, 4) is 0 Å². The molecule has 7 nitrogen and oxygen atoms in total. The Balaban J connectivity index is 1.53. The van der Waals surface area contributed by atoms with Gasteiger partial charge in [-0.1, -0.05) is 92.0 Å². The van der Waals surface area contributed by atoms with Gasteiger partial charge in [0.2, 0.25) is 5.91 Å². The van der Waals surface area contributed by atoms with Crippen molar-refractivity contribution in [3.63, 3.8) is 0 Å². The maximum atomic E-state index is 13.9. The molecule has 0 saturated carbocycles. The molecule has 0 spiro atoms. The van der Waals surface area contributed by atoms with Crippen molar-refractivity contribution < 1.29 is 4.79 Å². The average molecular weight is 612 g/mol. The molecule has 4 rings (SSSR count). The van der Waals surface area contributed by atoms with E-state index in [4.69, 9.17) is 40.4 Å². The number of guanidine groups is 1. The van der Waals surface area contributed by atoms with Crippen LogP contribution in [0.1, 0.15) is 44.2 Å². The number of fused-ring (bicyclic) bond motifs is 1. The van der Waals surface area contributed by atoms with Crippen LogP contribution in [-0.2, 0) is 17.6 Å². The van der Waals surface area contributed by atoms with Gasteiger partial charge in [0.05, 0.1) is 6.42 Å². The van der Waals surface area contributed by atoms with E-state index in [2.05, 4.69) is 59.0 Å². The normalized spacial score (nSPS) is 19.0. The molecule has 4 atom stereocenters. The summed E-state index contributed by atoms with van der Waals surface area (Å²) in [5, 5.41) is 3.57. The maximum Gasteiger partial charge on any atom is 0.227 e. The van der Waals surface area contributed by atoms with Crippen molar-refractivity contribution in [1.29, 1.82) is 0 Å². The Morgan fingerprint density at radius 1 is 1.05 bits per heavy atom. The number of hydrogen-bond donors (Lipinski definition) is 3. The molecule has 1 aliphatic rings.